The molecule has 1 aliphatic carbocycles. The van der Waals surface area contributed by atoms with Crippen LogP contribution in [-0.4, -0.2) is 31.2 Å². The van der Waals surface area contributed by atoms with E-state index in [-0.39, 0.29) is 18.0 Å². The number of hydrogen-bond donors (Lipinski definition) is 2. The summed E-state index contributed by atoms with van der Waals surface area (Å²) in [6, 6.07) is 0.238. The average molecular weight is 252 g/mol. The Balaban J connectivity index is 2.17. The zero-order valence-electron chi connectivity index (χ0n) is 10.2. The van der Waals surface area contributed by atoms with Gasteiger partial charge in [-0.25, -0.2) is 0 Å². The maximum atomic E-state index is 11.8. The minimum atomic E-state index is -4.34. The van der Waals surface area contributed by atoms with Crippen LogP contribution in [0, 0.1) is 5.41 Å². The summed E-state index contributed by atoms with van der Waals surface area (Å²) in [6.45, 7) is 3.00. The molecule has 1 unspecified atom stereocenters. The van der Waals surface area contributed by atoms with Crippen LogP contribution in [0.5, 0.6) is 0 Å². The summed E-state index contributed by atoms with van der Waals surface area (Å²) in [5.74, 6) is -0.605. The first-order valence-corrected chi connectivity index (χ1v) is 5.75. The average Bonchev–Trinajstić information content (AvgIpc) is 2.51. The molecule has 1 amide bonds. The lowest BCUT2D eigenvalue weighted by Crippen LogP contribution is -2.41. The van der Waals surface area contributed by atoms with Crippen LogP contribution in [0.1, 0.15) is 33.1 Å². The van der Waals surface area contributed by atoms with E-state index in [1.807, 2.05) is 5.32 Å². The normalized spacial score (nSPS) is 23.7. The van der Waals surface area contributed by atoms with E-state index < -0.39 is 18.6 Å². The SMILES string of the molecule is CC1(C)CCC(NCC(=O)NCC(F)(F)F)C1. The van der Waals surface area contributed by atoms with E-state index in [0.29, 0.717) is 0 Å². The second kappa shape index (κ2) is 5.25. The van der Waals surface area contributed by atoms with Crippen LogP contribution in [0.2, 0.25) is 0 Å². The van der Waals surface area contributed by atoms with Gasteiger partial charge in [-0.15, -0.1) is 0 Å². The van der Waals surface area contributed by atoms with Crippen molar-refractivity contribution in [2.75, 3.05) is 13.1 Å². The smallest absolute Gasteiger partial charge is 0.346 e. The van der Waals surface area contributed by atoms with E-state index in [2.05, 4.69) is 19.2 Å². The molecule has 0 aromatic rings. The first-order chi connectivity index (χ1) is 7.68. The summed E-state index contributed by atoms with van der Waals surface area (Å²) in [4.78, 5) is 11.1. The number of halogens is 3. The lowest BCUT2D eigenvalue weighted by molar-refractivity contribution is -0.137. The number of nitrogens with one attached hydrogen (secondary N) is 2. The van der Waals surface area contributed by atoms with E-state index in [0.717, 1.165) is 19.3 Å². The van der Waals surface area contributed by atoms with Crippen LogP contribution >= 0.6 is 0 Å². The molecule has 1 rings (SSSR count). The Hall–Kier alpha value is -0.780. The Morgan fingerprint density at radius 1 is 1.41 bits per heavy atom. The molecular formula is C11H19F3N2O. The van der Waals surface area contributed by atoms with Crippen LogP contribution in [0.4, 0.5) is 13.2 Å². The van der Waals surface area contributed by atoms with Gasteiger partial charge in [0, 0.05) is 6.04 Å². The van der Waals surface area contributed by atoms with E-state index in [9.17, 15) is 18.0 Å². The van der Waals surface area contributed by atoms with Crippen molar-refractivity contribution in [3.63, 3.8) is 0 Å². The minimum Gasteiger partial charge on any atom is -0.346 e. The second-order valence-electron chi connectivity index (χ2n) is 5.38. The quantitative estimate of drug-likeness (QED) is 0.801. The monoisotopic (exact) mass is 252 g/mol. The molecule has 1 saturated carbocycles. The summed E-state index contributed by atoms with van der Waals surface area (Å²) >= 11 is 0. The molecule has 2 N–H and O–H groups in total. The van der Waals surface area contributed by atoms with Crippen molar-refractivity contribution < 1.29 is 18.0 Å². The van der Waals surface area contributed by atoms with Gasteiger partial charge in [-0.05, 0) is 24.7 Å². The van der Waals surface area contributed by atoms with Gasteiger partial charge in [0.05, 0.1) is 6.54 Å². The highest BCUT2D eigenvalue weighted by Gasteiger charge is 2.31. The zero-order chi connectivity index (χ0) is 13.1. The molecule has 0 aliphatic heterocycles. The molecule has 17 heavy (non-hydrogen) atoms. The summed E-state index contributed by atoms with van der Waals surface area (Å²) in [5, 5.41) is 4.83. The van der Waals surface area contributed by atoms with Crippen molar-refractivity contribution in [2.24, 2.45) is 5.41 Å². The van der Waals surface area contributed by atoms with E-state index in [1.165, 1.54) is 0 Å². The molecule has 1 fully saturated rings. The van der Waals surface area contributed by atoms with Crippen molar-refractivity contribution in [1.29, 1.82) is 0 Å². The standard InChI is InChI=1S/C11H19F3N2O/c1-10(2)4-3-8(5-10)15-6-9(17)16-7-11(12,13)14/h8,15H,3-7H2,1-2H3,(H,16,17). The molecule has 100 valence electrons. The Morgan fingerprint density at radius 2 is 2.06 bits per heavy atom. The lowest BCUT2D eigenvalue weighted by atomic mass is 9.92. The number of hydrogen-bond acceptors (Lipinski definition) is 2. The Bertz CT molecular complexity index is 276. The molecule has 0 radical (unpaired) electrons. The first kappa shape index (κ1) is 14.3. The topological polar surface area (TPSA) is 41.1 Å². The number of rotatable bonds is 4. The van der Waals surface area contributed by atoms with Crippen LogP contribution in [0.15, 0.2) is 0 Å². The third kappa shape index (κ3) is 5.91. The number of carbonyl (C=O) groups excluding carboxylic acids is 1. The largest absolute Gasteiger partial charge is 0.405 e. The second-order valence-corrected chi connectivity index (χ2v) is 5.38. The van der Waals surface area contributed by atoms with Crippen LogP contribution in [0.3, 0.4) is 0 Å². The highest BCUT2D eigenvalue weighted by molar-refractivity contribution is 5.78. The van der Waals surface area contributed by atoms with Gasteiger partial charge in [0.25, 0.3) is 0 Å². The molecule has 0 spiro atoms. The Kier molecular flexibility index (Phi) is 4.41. The van der Waals surface area contributed by atoms with E-state index >= 15 is 0 Å². The van der Waals surface area contributed by atoms with Gasteiger partial charge in [-0.2, -0.15) is 13.2 Å². The minimum absolute atomic E-state index is 0.0448. The van der Waals surface area contributed by atoms with E-state index in [4.69, 9.17) is 0 Å². The van der Waals surface area contributed by atoms with Gasteiger partial charge >= 0.3 is 6.18 Å². The summed E-state index contributed by atoms with van der Waals surface area (Å²) in [5.41, 5.74) is 0.264. The summed E-state index contributed by atoms with van der Waals surface area (Å²) in [7, 11) is 0. The molecule has 0 aromatic carbocycles. The zero-order valence-corrected chi connectivity index (χ0v) is 10.2. The molecule has 1 atom stereocenters. The highest BCUT2D eigenvalue weighted by atomic mass is 19.4. The van der Waals surface area contributed by atoms with E-state index in [1.54, 1.807) is 0 Å². The van der Waals surface area contributed by atoms with Crippen LogP contribution < -0.4 is 10.6 Å². The summed E-state index contributed by atoms with van der Waals surface area (Å²) in [6.07, 6.45) is -1.33. The van der Waals surface area contributed by atoms with Crippen molar-refractivity contribution in [1.82, 2.24) is 10.6 Å². The molecule has 0 heterocycles. The number of carbonyl (C=O) groups is 1. The van der Waals surface area contributed by atoms with Crippen molar-refractivity contribution >= 4 is 5.91 Å². The van der Waals surface area contributed by atoms with Crippen molar-refractivity contribution in [3.05, 3.63) is 0 Å². The van der Waals surface area contributed by atoms with Gasteiger partial charge in [0.2, 0.25) is 5.91 Å². The molecule has 6 heteroatoms. The fourth-order valence-electron chi connectivity index (χ4n) is 2.11. The van der Waals surface area contributed by atoms with Gasteiger partial charge in [0.1, 0.15) is 6.54 Å². The highest BCUT2D eigenvalue weighted by Crippen LogP contribution is 2.36. The maximum absolute atomic E-state index is 11.8. The van der Waals surface area contributed by atoms with Crippen LogP contribution in [0.25, 0.3) is 0 Å². The van der Waals surface area contributed by atoms with Crippen molar-refractivity contribution in [3.8, 4) is 0 Å². The third-order valence-corrected chi connectivity index (χ3v) is 3.01. The predicted molar refractivity (Wildman–Crippen MR) is 58.5 cm³/mol. The fraction of sp³-hybridized carbons (Fsp3) is 0.909. The number of alkyl halides is 3. The number of amides is 1. The van der Waals surface area contributed by atoms with Gasteiger partial charge in [-0.1, -0.05) is 13.8 Å². The van der Waals surface area contributed by atoms with Gasteiger partial charge < -0.3 is 10.6 Å². The summed E-state index contributed by atoms with van der Waals surface area (Å²) < 4.78 is 35.5. The third-order valence-electron chi connectivity index (χ3n) is 3.01. The molecule has 0 bridgehead atoms. The van der Waals surface area contributed by atoms with Gasteiger partial charge in [-0.3, -0.25) is 4.79 Å². The predicted octanol–water partition coefficient (Wildman–Crippen LogP) is 1.83. The molecule has 1 aliphatic rings. The molecule has 3 nitrogen and oxygen atoms in total. The first-order valence-electron chi connectivity index (χ1n) is 5.75. The molecule has 0 saturated heterocycles. The van der Waals surface area contributed by atoms with Crippen LogP contribution in [-0.2, 0) is 4.79 Å². The van der Waals surface area contributed by atoms with Gasteiger partial charge in [0.15, 0.2) is 0 Å². The lowest BCUT2D eigenvalue weighted by Gasteiger charge is -2.17. The molecular weight excluding hydrogens is 233 g/mol. The fourth-order valence-corrected chi connectivity index (χ4v) is 2.11. The Labute approximate surface area is 99.1 Å². The molecule has 0 aromatic heterocycles. The Morgan fingerprint density at radius 3 is 2.53 bits per heavy atom. The van der Waals surface area contributed by atoms with Crippen molar-refractivity contribution in [2.45, 2.75) is 45.3 Å². The maximum Gasteiger partial charge on any atom is 0.405 e.